The highest BCUT2D eigenvalue weighted by atomic mass is 32.2. The van der Waals surface area contributed by atoms with Crippen LogP contribution in [0.1, 0.15) is 132 Å². The van der Waals surface area contributed by atoms with Gasteiger partial charge in [-0.2, -0.15) is 0 Å². The lowest BCUT2D eigenvalue weighted by molar-refractivity contribution is -0.253. The molecule has 1 saturated heterocycles. The van der Waals surface area contributed by atoms with Gasteiger partial charge in [0.05, 0.1) is 23.7 Å². The zero-order valence-corrected chi connectivity index (χ0v) is 34.0. The van der Waals surface area contributed by atoms with Crippen LogP contribution in [0, 0.1) is 0 Å². The van der Waals surface area contributed by atoms with E-state index in [9.17, 15) is 13.5 Å². The third-order valence-electron chi connectivity index (χ3n) is 10.7. The third kappa shape index (κ3) is 13.7. The standard InChI is InChI=1S/C47H64N2O5S/c1-3-5-7-9-11-18-32-49(33-19-12-10-8-6-4-2)36-43-34-46(40-26-24-38(37-50)25-27-40)54-47(53-43)41-30-28-39(29-31-41)45-23-17-16-20-42(45)35-48-55(51,52)44-21-14-13-15-22-44/h13-17,20-31,43,46-48,50H,3-12,18-19,32-37H2,1-2H3/t43-,46+,47+/m0/s1. The molecule has 0 aromatic heterocycles. The fourth-order valence-corrected chi connectivity index (χ4v) is 8.51. The highest BCUT2D eigenvalue weighted by Crippen LogP contribution is 2.39. The van der Waals surface area contributed by atoms with Crippen LogP contribution in [0.25, 0.3) is 11.1 Å². The summed E-state index contributed by atoms with van der Waals surface area (Å²) in [5.74, 6) is 0. The molecule has 0 bridgehead atoms. The predicted octanol–water partition coefficient (Wildman–Crippen LogP) is 10.9. The number of sulfonamides is 1. The molecule has 1 heterocycles. The van der Waals surface area contributed by atoms with Crippen molar-refractivity contribution in [3.05, 3.63) is 125 Å². The van der Waals surface area contributed by atoms with E-state index in [2.05, 4.69) is 59.9 Å². The van der Waals surface area contributed by atoms with Gasteiger partial charge in [0.2, 0.25) is 10.0 Å². The first kappa shape index (κ1) is 42.8. The molecule has 0 unspecified atom stereocenters. The Balaban J connectivity index is 1.31. The third-order valence-corrected chi connectivity index (χ3v) is 12.2. The van der Waals surface area contributed by atoms with Gasteiger partial charge in [-0.15, -0.1) is 0 Å². The van der Waals surface area contributed by atoms with Crippen molar-refractivity contribution in [1.82, 2.24) is 9.62 Å². The maximum atomic E-state index is 13.0. The van der Waals surface area contributed by atoms with E-state index in [1.54, 1.807) is 30.3 Å². The summed E-state index contributed by atoms with van der Waals surface area (Å²) in [6.07, 6.45) is 15.5. The molecular weight excluding hydrogens is 705 g/mol. The van der Waals surface area contributed by atoms with Gasteiger partial charge in [-0.3, -0.25) is 0 Å². The van der Waals surface area contributed by atoms with Crippen molar-refractivity contribution in [3.8, 4) is 11.1 Å². The van der Waals surface area contributed by atoms with Crippen LogP contribution in [0.5, 0.6) is 0 Å². The van der Waals surface area contributed by atoms with Crippen LogP contribution in [0.3, 0.4) is 0 Å². The monoisotopic (exact) mass is 768 g/mol. The van der Waals surface area contributed by atoms with Gasteiger partial charge < -0.3 is 19.5 Å². The Morgan fingerprint density at radius 3 is 1.89 bits per heavy atom. The molecule has 1 aliphatic rings. The highest BCUT2D eigenvalue weighted by molar-refractivity contribution is 7.89. The first-order valence-corrected chi connectivity index (χ1v) is 22.3. The molecule has 4 aromatic rings. The molecule has 0 radical (unpaired) electrons. The quantitative estimate of drug-likeness (QED) is 0.0690. The Bertz CT molecular complexity index is 1750. The number of hydrogen-bond donors (Lipinski definition) is 2. The minimum absolute atomic E-state index is 0.000471. The zero-order valence-electron chi connectivity index (χ0n) is 33.2. The van der Waals surface area contributed by atoms with Gasteiger partial charge in [-0.1, -0.05) is 169 Å². The van der Waals surface area contributed by atoms with Crippen LogP contribution < -0.4 is 4.72 Å². The van der Waals surface area contributed by atoms with Crippen LogP contribution in [0.2, 0.25) is 0 Å². The van der Waals surface area contributed by atoms with Gasteiger partial charge in [0.25, 0.3) is 0 Å². The summed E-state index contributed by atoms with van der Waals surface area (Å²) in [5.41, 5.74) is 5.78. The number of benzene rings is 4. The minimum atomic E-state index is -3.64. The lowest BCUT2D eigenvalue weighted by Gasteiger charge is -2.38. The average Bonchev–Trinajstić information content (AvgIpc) is 3.23. The molecule has 0 spiro atoms. The highest BCUT2D eigenvalue weighted by Gasteiger charge is 2.33. The summed E-state index contributed by atoms with van der Waals surface area (Å²) in [6, 6.07) is 32.8. The molecule has 8 heteroatoms. The van der Waals surface area contributed by atoms with E-state index in [1.165, 1.54) is 77.0 Å². The summed E-state index contributed by atoms with van der Waals surface area (Å²) < 4.78 is 42.3. The Hall–Kier alpha value is -3.37. The second-order valence-electron chi connectivity index (χ2n) is 15.1. The predicted molar refractivity (Wildman–Crippen MR) is 224 cm³/mol. The molecule has 55 heavy (non-hydrogen) atoms. The van der Waals surface area contributed by atoms with Gasteiger partial charge in [0.1, 0.15) is 0 Å². The number of hydrogen-bond acceptors (Lipinski definition) is 6. The first-order chi connectivity index (χ1) is 26.9. The van der Waals surface area contributed by atoms with Gasteiger partial charge in [0.15, 0.2) is 6.29 Å². The number of unbranched alkanes of at least 4 members (excludes halogenated alkanes) is 10. The van der Waals surface area contributed by atoms with E-state index in [1.807, 2.05) is 36.4 Å². The Labute approximate surface area is 331 Å². The molecule has 5 rings (SSSR count). The normalized spacial score (nSPS) is 17.5. The topological polar surface area (TPSA) is 88.1 Å². The number of aliphatic hydroxyl groups is 1. The van der Waals surface area contributed by atoms with E-state index < -0.39 is 16.3 Å². The molecular formula is C47H64N2O5S. The molecule has 0 aliphatic carbocycles. The SMILES string of the molecule is CCCCCCCCN(CCCCCCCC)C[C@@H]1C[C@H](c2ccc(CO)cc2)O[C@H](c2ccc(-c3ccccc3CNS(=O)(=O)c3ccccc3)cc2)O1. The summed E-state index contributed by atoms with van der Waals surface area (Å²) in [5, 5.41) is 9.68. The van der Waals surface area contributed by atoms with Gasteiger partial charge in [0, 0.05) is 25.1 Å². The Morgan fingerprint density at radius 1 is 0.673 bits per heavy atom. The van der Waals surface area contributed by atoms with Crippen molar-refractivity contribution in [2.75, 3.05) is 19.6 Å². The molecule has 1 aliphatic heterocycles. The molecule has 2 N–H and O–H groups in total. The van der Waals surface area contributed by atoms with Gasteiger partial charge in [-0.25, -0.2) is 13.1 Å². The second kappa shape index (κ2) is 23.0. The van der Waals surface area contributed by atoms with Crippen LogP contribution >= 0.6 is 0 Å². The van der Waals surface area contributed by atoms with Crippen molar-refractivity contribution in [1.29, 1.82) is 0 Å². The summed E-state index contributed by atoms with van der Waals surface area (Å²) in [6.45, 7) is 7.80. The van der Waals surface area contributed by atoms with Crippen molar-refractivity contribution >= 4 is 10.0 Å². The van der Waals surface area contributed by atoms with E-state index >= 15 is 0 Å². The summed E-state index contributed by atoms with van der Waals surface area (Å²) in [4.78, 5) is 2.89. The lowest BCUT2D eigenvalue weighted by atomic mass is 9.97. The van der Waals surface area contributed by atoms with E-state index in [0.29, 0.717) is 0 Å². The summed E-state index contributed by atoms with van der Waals surface area (Å²) in [7, 11) is -3.64. The van der Waals surface area contributed by atoms with E-state index in [4.69, 9.17) is 9.47 Å². The second-order valence-corrected chi connectivity index (χ2v) is 16.9. The molecule has 0 amide bonds. The smallest absolute Gasteiger partial charge is 0.240 e. The summed E-state index contributed by atoms with van der Waals surface area (Å²) >= 11 is 0. The van der Waals surface area contributed by atoms with Crippen molar-refractivity contribution in [3.63, 3.8) is 0 Å². The number of aliphatic hydroxyl groups excluding tert-OH is 1. The average molecular weight is 769 g/mol. The molecule has 7 nitrogen and oxygen atoms in total. The van der Waals surface area contributed by atoms with Gasteiger partial charge >= 0.3 is 0 Å². The Morgan fingerprint density at radius 2 is 1.25 bits per heavy atom. The fraction of sp³-hybridized carbons (Fsp3) is 0.489. The van der Waals surface area contributed by atoms with E-state index in [-0.39, 0.29) is 30.3 Å². The zero-order chi connectivity index (χ0) is 38.7. The molecule has 298 valence electrons. The van der Waals surface area contributed by atoms with Crippen LogP contribution in [-0.2, 0) is 32.6 Å². The number of ether oxygens (including phenoxy) is 2. The Kier molecular flexibility index (Phi) is 17.9. The number of rotatable bonds is 24. The molecule has 0 saturated carbocycles. The largest absolute Gasteiger partial charge is 0.392 e. The lowest BCUT2D eigenvalue weighted by Crippen LogP contribution is -2.40. The molecule has 3 atom stereocenters. The van der Waals surface area contributed by atoms with Crippen LogP contribution in [0.15, 0.2) is 108 Å². The van der Waals surface area contributed by atoms with Crippen molar-refractivity contribution < 1.29 is 23.0 Å². The van der Waals surface area contributed by atoms with E-state index in [0.717, 1.165) is 59.4 Å². The minimum Gasteiger partial charge on any atom is -0.392 e. The van der Waals surface area contributed by atoms with Gasteiger partial charge in [-0.05, 0) is 65.9 Å². The number of nitrogens with one attached hydrogen (secondary N) is 1. The fourth-order valence-electron chi connectivity index (χ4n) is 7.48. The molecule has 1 fully saturated rings. The van der Waals surface area contributed by atoms with Crippen molar-refractivity contribution in [2.24, 2.45) is 0 Å². The molecule has 4 aromatic carbocycles. The van der Waals surface area contributed by atoms with Crippen LogP contribution in [0.4, 0.5) is 0 Å². The first-order valence-electron chi connectivity index (χ1n) is 20.9. The van der Waals surface area contributed by atoms with Crippen molar-refractivity contribution in [2.45, 2.75) is 134 Å². The van der Waals surface area contributed by atoms with Crippen LogP contribution in [-0.4, -0.2) is 44.2 Å². The maximum Gasteiger partial charge on any atom is 0.240 e. The maximum absolute atomic E-state index is 13.0. The number of nitrogens with zero attached hydrogens (tertiary/aromatic N) is 1.